The first-order chi connectivity index (χ1) is 16.1. The molecule has 0 bridgehead atoms. The molecule has 2 amide bonds. The van der Waals surface area contributed by atoms with Gasteiger partial charge in [-0.1, -0.05) is 43.7 Å². The standard InChI is InChI=1S/C24H32FN3O5S/c1-5-6-15-26-24(30)18(2)27(16-19-11-7-8-12-20(19)25)23(29)17-28(34(4,31)32)21-13-9-10-14-22(21)33-3/h7-14,18H,5-6,15-17H2,1-4H3,(H,26,30)/t18-/m1/s1. The second-order valence-electron chi connectivity index (χ2n) is 7.88. The highest BCUT2D eigenvalue weighted by Gasteiger charge is 2.31. The summed E-state index contributed by atoms with van der Waals surface area (Å²) < 4.78 is 45.8. The van der Waals surface area contributed by atoms with Gasteiger partial charge in [0.1, 0.15) is 24.2 Å². The minimum absolute atomic E-state index is 0.187. The van der Waals surface area contributed by atoms with Crippen molar-refractivity contribution in [2.45, 2.75) is 39.3 Å². The number of hydrogen-bond acceptors (Lipinski definition) is 5. The summed E-state index contributed by atoms with van der Waals surface area (Å²) in [6.07, 6.45) is 2.64. The molecule has 0 radical (unpaired) electrons. The zero-order valence-corrected chi connectivity index (χ0v) is 20.8. The quantitative estimate of drug-likeness (QED) is 0.459. The van der Waals surface area contributed by atoms with Crippen molar-refractivity contribution >= 4 is 27.5 Å². The lowest BCUT2D eigenvalue weighted by Crippen LogP contribution is -2.51. The summed E-state index contributed by atoms with van der Waals surface area (Å²) in [4.78, 5) is 27.4. The first kappa shape index (κ1) is 27.1. The van der Waals surface area contributed by atoms with E-state index in [4.69, 9.17) is 4.74 Å². The molecular weight excluding hydrogens is 461 g/mol. The second-order valence-corrected chi connectivity index (χ2v) is 9.78. The molecule has 0 saturated heterocycles. The van der Waals surface area contributed by atoms with Crippen molar-refractivity contribution in [3.8, 4) is 5.75 Å². The molecule has 0 aliphatic rings. The van der Waals surface area contributed by atoms with Gasteiger partial charge in [0.15, 0.2) is 0 Å². The lowest BCUT2D eigenvalue weighted by atomic mass is 10.1. The number of benzene rings is 2. The first-order valence-electron chi connectivity index (χ1n) is 11.0. The number of carbonyl (C=O) groups excluding carboxylic acids is 2. The third-order valence-electron chi connectivity index (χ3n) is 5.33. The third-order valence-corrected chi connectivity index (χ3v) is 6.45. The van der Waals surface area contributed by atoms with Crippen LogP contribution in [0.1, 0.15) is 32.3 Å². The summed E-state index contributed by atoms with van der Waals surface area (Å²) >= 11 is 0. The predicted octanol–water partition coefficient (Wildman–Crippen LogP) is 2.93. The van der Waals surface area contributed by atoms with Gasteiger partial charge in [0.2, 0.25) is 21.8 Å². The topological polar surface area (TPSA) is 96.0 Å². The Kier molecular flexibility index (Phi) is 9.85. The van der Waals surface area contributed by atoms with Crippen LogP contribution in [0.2, 0.25) is 0 Å². The summed E-state index contributed by atoms with van der Waals surface area (Å²) in [6, 6.07) is 11.4. The largest absolute Gasteiger partial charge is 0.495 e. The monoisotopic (exact) mass is 493 g/mol. The van der Waals surface area contributed by atoms with Gasteiger partial charge in [-0.2, -0.15) is 0 Å². The molecule has 0 aliphatic heterocycles. The van der Waals surface area contributed by atoms with Crippen LogP contribution in [-0.2, 0) is 26.2 Å². The SMILES string of the molecule is CCCCNC(=O)[C@@H](C)N(Cc1ccccc1F)C(=O)CN(c1ccccc1OC)S(C)(=O)=O. The maximum absolute atomic E-state index is 14.4. The van der Waals surface area contributed by atoms with E-state index in [1.54, 1.807) is 24.3 Å². The van der Waals surface area contributed by atoms with E-state index in [2.05, 4.69) is 5.32 Å². The molecule has 0 fully saturated rings. The van der Waals surface area contributed by atoms with Crippen molar-refractivity contribution in [3.05, 3.63) is 59.9 Å². The highest BCUT2D eigenvalue weighted by atomic mass is 32.2. The van der Waals surface area contributed by atoms with Crippen molar-refractivity contribution in [1.29, 1.82) is 0 Å². The maximum Gasteiger partial charge on any atom is 0.244 e. The summed E-state index contributed by atoms with van der Waals surface area (Å²) in [7, 11) is -2.50. The fourth-order valence-corrected chi connectivity index (χ4v) is 4.21. The lowest BCUT2D eigenvalue weighted by molar-refractivity contribution is -0.139. The van der Waals surface area contributed by atoms with Gasteiger partial charge < -0.3 is 15.0 Å². The van der Waals surface area contributed by atoms with Crippen LogP contribution < -0.4 is 14.4 Å². The van der Waals surface area contributed by atoms with Crippen LogP contribution >= 0.6 is 0 Å². The molecule has 2 aromatic carbocycles. The fourth-order valence-electron chi connectivity index (χ4n) is 3.36. The number of ether oxygens (including phenoxy) is 1. The van der Waals surface area contributed by atoms with Gasteiger partial charge in [0, 0.05) is 18.7 Å². The molecule has 2 rings (SSSR count). The molecule has 34 heavy (non-hydrogen) atoms. The van der Waals surface area contributed by atoms with Crippen molar-refractivity contribution in [1.82, 2.24) is 10.2 Å². The average Bonchev–Trinajstić information content (AvgIpc) is 2.80. The van der Waals surface area contributed by atoms with Gasteiger partial charge in [-0.15, -0.1) is 0 Å². The number of rotatable bonds is 12. The number of para-hydroxylation sites is 2. The van der Waals surface area contributed by atoms with E-state index in [0.29, 0.717) is 6.54 Å². The Labute approximate surface area is 200 Å². The van der Waals surface area contributed by atoms with E-state index >= 15 is 0 Å². The molecule has 0 unspecified atom stereocenters. The van der Waals surface area contributed by atoms with Gasteiger partial charge in [0.25, 0.3) is 0 Å². The number of nitrogens with zero attached hydrogens (tertiary/aromatic N) is 2. The smallest absolute Gasteiger partial charge is 0.244 e. The Morgan fingerprint density at radius 2 is 1.76 bits per heavy atom. The number of hydrogen-bond donors (Lipinski definition) is 1. The Hall–Kier alpha value is -3.14. The predicted molar refractivity (Wildman–Crippen MR) is 130 cm³/mol. The zero-order valence-electron chi connectivity index (χ0n) is 20.0. The summed E-state index contributed by atoms with van der Waals surface area (Å²) in [6.45, 7) is 3.19. The van der Waals surface area contributed by atoms with Crippen LogP contribution in [0.4, 0.5) is 10.1 Å². The number of methoxy groups -OCH3 is 1. The third kappa shape index (κ3) is 7.18. The lowest BCUT2D eigenvalue weighted by Gasteiger charge is -2.31. The van der Waals surface area contributed by atoms with E-state index in [1.165, 1.54) is 43.2 Å². The average molecular weight is 494 g/mol. The van der Waals surface area contributed by atoms with Gasteiger partial charge in [-0.05, 0) is 31.5 Å². The van der Waals surface area contributed by atoms with Crippen LogP contribution in [0.3, 0.4) is 0 Å². The van der Waals surface area contributed by atoms with E-state index < -0.39 is 40.2 Å². The van der Waals surface area contributed by atoms with Crippen molar-refractivity contribution in [2.24, 2.45) is 0 Å². The van der Waals surface area contributed by atoms with Crippen LogP contribution in [0.5, 0.6) is 5.75 Å². The number of anilines is 1. The van der Waals surface area contributed by atoms with Gasteiger partial charge >= 0.3 is 0 Å². The Morgan fingerprint density at radius 1 is 1.12 bits per heavy atom. The normalized spacial score (nSPS) is 12.0. The maximum atomic E-state index is 14.4. The molecule has 0 heterocycles. The highest BCUT2D eigenvalue weighted by Crippen LogP contribution is 2.29. The molecule has 1 N–H and O–H groups in total. The van der Waals surface area contributed by atoms with Gasteiger partial charge in [-0.3, -0.25) is 13.9 Å². The molecule has 0 saturated carbocycles. The molecule has 1 atom stereocenters. The van der Waals surface area contributed by atoms with Crippen molar-refractivity contribution in [2.75, 3.05) is 30.8 Å². The molecule has 8 nitrogen and oxygen atoms in total. The van der Waals surface area contributed by atoms with E-state index in [1.807, 2.05) is 6.92 Å². The summed E-state index contributed by atoms with van der Waals surface area (Å²) in [5, 5.41) is 2.77. The van der Waals surface area contributed by atoms with Crippen molar-refractivity contribution < 1.29 is 27.1 Å². The van der Waals surface area contributed by atoms with E-state index in [-0.39, 0.29) is 23.5 Å². The molecule has 0 aromatic heterocycles. The van der Waals surface area contributed by atoms with Crippen LogP contribution in [0.25, 0.3) is 0 Å². The fraction of sp³-hybridized carbons (Fsp3) is 0.417. The van der Waals surface area contributed by atoms with Crippen LogP contribution in [0, 0.1) is 5.82 Å². The molecule has 10 heteroatoms. The van der Waals surface area contributed by atoms with Gasteiger partial charge in [0.05, 0.1) is 19.1 Å². The van der Waals surface area contributed by atoms with Crippen LogP contribution in [-0.4, -0.2) is 57.6 Å². The molecule has 0 aliphatic carbocycles. The minimum Gasteiger partial charge on any atom is -0.495 e. The Morgan fingerprint density at radius 3 is 2.38 bits per heavy atom. The molecule has 2 aromatic rings. The zero-order chi connectivity index (χ0) is 25.3. The Balaban J connectivity index is 2.40. The number of amides is 2. The molecule has 186 valence electrons. The van der Waals surface area contributed by atoms with Crippen LogP contribution in [0.15, 0.2) is 48.5 Å². The Bertz CT molecular complexity index is 1090. The minimum atomic E-state index is -3.89. The second kappa shape index (κ2) is 12.4. The van der Waals surface area contributed by atoms with E-state index in [0.717, 1.165) is 23.4 Å². The number of nitrogens with one attached hydrogen (secondary N) is 1. The number of sulfonamides is 1. The number of carbonyl (C=O) groups is 2. The first-order valence-corrected chi connectivity index (χ1v) is 12.9. The molecular formula is C24H32FN3O5S. The van der Waals surface area contributed by atoms with E-state index in [9.17, 15) is 22.4 Å². The highest BCUT2D eigenvalue weighted by molar-refractivity contribution is 7.92. The summed E-state index contributed by atoms with van der Waals surface area (Å²) in [5.74, 6) is -1.31. The number of unbranched alkanes of at least 4 members (excludes halogenated alkanes) is 1. The molecule has 0 spiro atoms. The van der Waals surface area contributed by atoms with Gasteiger partial charge in [-0.25, -0.2) is 12.8 Å². The summed E-state index contributed by atoms with van der Waals surface area (Å²) in [5.41, 5.74) is 0.402. The van der Waals surface area contributed by atoms with Crippen molar-refractivity contribution in [3.63, 3.8) is 0 Å². The number of halogens is 1.